The van der Waals surface area contributed by atoms with Crippen molar-refractivity contribution in [3.8, 4) is 11.5 Å². The van der Waals surface area contributed by atoms with Crippen molar-refractivity contribution in [1.82, 2.24) is 0 Å². The lowest BCUT2D eigenvalue weighted by Crippen LogP contribution is -2.12. The van der Waals surface area contributed by atoms with Crippen molar-refractivity contribution in [2.75, 3.05) is 6.61 Å². The van der Waals surface area contributed by atoms with E-state index in [0.717, 1.165) is 31.4 Å². The van der Waals surface area contributed by atoms with Gasteiger partial charge in [0.1, 0.15) is 5.75 Å². The lowest BCUT2D eigenvalue weighted by Gasteiger charge is -2.10. The Balaban J connectivity index is 2.05. The van der Waals surface area contributed by atoms with Crippen LogP contribution < -0.4 is 9.47 Å². The molecular weight excluding hydrogens is 370 g/mol. The minimum Gasteiger partial charge on any atom is -0.490 e. The fourth-order valence-corrected chi connectivity index (χ4v) is 2.31. The molecular formula is C21H20F2O5. The highest BCUT2D eigenvalue weighted by Crippen LogP contribution is 2.24. The molecule has 0 aliphatic heterocycles. The quantitative estimate of drug-likeness (QED) is 0.287. The van der Waals surface area contributed by atoms with Crippen LogP contribution in [0.15, 0.2) is 42.5 Å². The van der Waals surface area contributed by atoms with Gasteiger partial charge in [0.15, 0.2) is 11.6 Å². The summed E-state index contributed by atoms with van der Waals surface area (Å²) in [4.78, 5) is 22.6. The fourth-order valence-electron chi connectivity index (χ4n) is 2.31. The number of esters is 1. The first-order valence-corrected chi connectivity index (χ1v) is 8.76. The van der Waals surface area contributed by atoms with Crippen molar-refractivity contribution in [3.63, 3.8) is 0 Å². The van der Waals surface area contributed by atoms with Crippen molar-refractivity contribution in [2.24, 2.45) is 0 Å². The molecule has 148 valence electrons. The van der Waals surface area contributed by atoms with Crippen molar-refractivity contribution < 1.29 is 33.0 Å². The summed E-state index contributed by atoms with van der Waals surface area (Å²) >= 11 is 0. The molecule has 5 nitrogen and oxygen atoms in total. The molecule has 2 aromatic carbocycles. The number of carbonyl (C=O) groups excluding carboxylic acids is 1. The topological polar surface area (TPSA) is 72.8 Å². The summed E-state index contributed by atoms with van der Waals surface area (Å²) in [6, 6.07) is 8.18. The van der Waals surface area contributed by atoms with Gasteiger partial charge in [-0.15, -0.1) is 0 Å². The average molecular weight is 390 g/mol. The number of aliphatic carboxylic acids is 1. The van der Waals surface area contributed by atoms with Gasteiger partial charge in [0.2, 0.25) is 5.82 Å². The van der Waals surface area contributed by atoms with Crippen LogP contribution in [-0.4, -0.2) is 23.7 Å². The Morgan fingerprint density at radius 1 is 1.04 bits per heavy atom. The standard InChI is InChI=1S/C21H20F2O5/c1-2-3-4-13-27-17-11-10-16(19(22)20(17)23)21(26)28-15-8-5-14(6-9-15)7-12-18(24)25/h5-12H,2-4,13H2,1H3,(H,24,25)/b12-7+. The molecule has 0 saturated heterocycles. The van der Waals surface area contributed by atoms with Gasteiger partial charge in [-0.25, -0.2) is 14.0 Å². The minimum absolute atomic E-state index is 0.108. The van der Waals surface area contributed by atoms with Gasteiger partial charge >= 0.3 is 11.9 Å². The lowest BCUT2D eigenvalue weighted by atomic mass is 10.2. The summed E-state index contributed by atoms with van der Waals surface area (Å²) in [5, 5.41) is 8.58. The van der Waals surface area contributed by atoms with Crippen LogP contribution in [0.25, 0.3) is 6.08 Å². The first-order valence-electron chi connectivity index (χ1n) is 8.76. The molecule has 0 aliphatic rings. The molecule has 0 aliphatic carbocycles. The van der Waals surface area contributed by atoms with E-state index in [1.54, 1.807) is 0 Å². The largest absolute Gasteiger partial charge is 0.490 e. The van der Waals surface area contributed by atoms with E-state index in [0.29, 0.717) is 5.56 Å². The van der Waals surface area contributed by atoms with E-state index >= 15 is 0 Å². The number of hydrogen-bond acceptors (Lipinski definition) is 4. The summed E-state index contributed by atoms with van der Waals surface area (Å²) < 4.78 is 38.6. The van der Waals surface area contributed by atoms with Crippen molar-refractivity contribution in [2.45, 2.75) is 26.2 Å². The van der Waals surface area contributed by atoms with Gasteiger partial charge in [0.05, 0.1) is 12.2 Å². The third kappa shape index (κ3) is 5.90. The number of ether oxygens (including phenoxy) is 2. The van der Waals surface area contributed by atoms with Gasteiger partial charge in [-0.1, -0.05) is 31.9 Å². The molecule has 28 heavy (non-hydrogen) atoms. The predicted molar refractivity (Wildman–Crippen MR) is 99.4 cm³/mol. The van der Waals surface area contributed by atoms with Crippen LogP contribution in [0.2, 0.25) is 0 Å². The van der Waals surface area contributed by atoms with Gasteiger partial charge in [-0.2, -0.15) is 4.39 Å². The Bertz CT molecular complexity index is 860. The number of carboxylic acids is 1. The van der Waals surface area contributed by atoms with E-state index in [-0.39, 0.29) is 18.1 Å². The van der Waals surface area contributed by atoms with Crippen LogP contribution in [0.1, 0.15) is 42.1 Å². The Morgan fingerprint density at radius 2 is 1.75 bits per heavy atom. The van der Waals surface area contributed by atoms with E-state index in [4.69, 9.17) is 14.6 Å². The molecule has 0 aromatic heterocycles. The second-order valence-electron chi connectivity index (χ2n) is 5.92. The second kappa shape index (κ2) is 10.2. The molecule has 0 atom stereocenters. The number of benzene rings is 2. The Hall–Kier alpha value is -3.22. The van der Waals surface area contributed by atoms with Gasteiger partial charge in [-0.05, 0) is 42.3 Å². The maximum Gasteiger partial charge on any atom is 0.346 e. The summed E-state index contributed by atoms with van der Waals surface area (Å²) in [5.74, 6) is -4.86. The lowest BCUT2D eigenvalue weighted by molar-refractivity contribution is -0.131. The SMILES string of the molecule is CCCCCOc1ccc(C(=O)Oc2ccc(/C=C/C(=O)O)cc2)c(F)c1F. The molecule has 7 heteroatoms. The van der Waals surface area contributed by atoms with Gasteiger partial charge in [0, 0.05) is 6.08 Å². The fraction of sp³-hybridized carbons (Fsp3) is 0.238. The molecule has 2 aromatic rings. The molecule has 0 radical (unpaired) electrons. The van der Waals surface area contributed by atoms with Crippen LogP contribution in [0, 0.1) is 11.6 Å². The number of unbranched alkanes of at least 4 members (excludes halogenated alkanes) is 2. The highest BCUT2D eigenvalue weighted by atomic mass is 19.2. The Kier molecular flexibility index (Phi) is 7.68. The zero-order valence-corrected chi connectivity index (χ0v) is 15.3. The second-order valence-corrected chi connectivity index (χ2v) is 5.92. The zero-order chi connectivity index (χ0) is 20.5. The van der Waals surface area contributed by atoms with Crippen LogP contribution in [0.3, 0.4) is 0 Å². The van der Waals surface area contributed by atoms with Crippen molar-refractivity contribution in [1.29, 1.82) is 0 Å². The number of carbonyl (C=O) groups is 2. The third-order valence-corrected chi connectivity index (χ3v) is 3.78. The normalized spacial score (nSPS) is 10.8. The summed E-state index contributed by atoms with van der Waals surface area (Å²) in [5.41, 5.74) is 0.0252. The summed E-state index contributed by atoms with van der Waals surface area (Å²) in [6.07, 6.45) is 4.94. The molecule has 2 rings (SSSR count). The van der Waals surface area contributed by atoms with Gasteiger partial charge in [0.25, 0.3) is 0 Å². The molecule has 1 N–H and O–H groups in total. The molecule has 0 heterocycles. The zero-order valence-electron chi connectivity index (χ0n) is 15.3. The number of hydrogen-bond donors (Lipinski definition) is 1. The Morgan fingerprint density at radius 3 is 2.39 bits per heavy atom. The highest BCUT2D eigenvalue weighted by molar-refractivity contribution is 5.91. The van der Waals surface area contributed by atoms with Crippen molar-refractivity contribution in [3.05, 3.63) is 65.2 Å². The molecule has 0 spiro atoms. The number of halogens is 2. The highest BCUT2D eigenvalue weighted by Gasteiger charge is 2.21. The van der Waals surface area contributed by atoms with Crippen molar-refractivity contribution >= 4 is 18.0 Å². The van der Waals surface area contributed by atoms with Crippen LogP contribution >= 0.6 is 0 Å². The van der Waals surface area contributed by atoms with E-state index in [9.17, 15) is 18.4 Å². The molecule has 0 unspecified atom stereocenters. The Labute approximate surface area is 161 Å². The molecule has 0 saturated carbocycles. The maximum atomic E-state index is 14.2. The number of carboxylic acid groups (broad SMARTS) is 1. The number of rotatable bonds is 9. The molecule has 0 amide bonds. The maximum absolute atomic E-state index is 14.2. The first-order chi connectivity index (χ1) is 13.4. The predicted octanol–water partition coefficient (Wildman–Crippen LogP) is 4.85. The monoisotopic (exact) mass is 390 g/mol. The third-order valence-electron chi connectivity index (χ3n) is 3.78. The summed E-state index contributed by atoms with van der Waals surface area (Å²) in [6.45, 7) is 2.28. The molecule has 0 bridgehead atoms. The average Bonchev–Trinajstić information content (AvgIpc) is 2.67. The molecule has 0 fully saturated rings. The van der Waals surface area contributed by atoms with Crippen LogP contribution in [-0.2, 0) is 4.79 Å². The van der Waals surface area contributed by atoms with E-state index in [1.807, 2.05) is 6.92 Å². The van der Waals surface area contributed by atoms with E-state index < -0.39 is 29.1 Å². The van der Waals surface area contributed by atoms with E-state index in [2.05, 4.69) is 0 Å². The summed E-state index contributed by atoms with van der Waals surface area (Å²) in [7, 11) is 0. The minimum atomic E-state index is -1.33. The van der Waals surface area contributed by atoms with Crippen LogP contribution in [0.5, 0.6) is 11.5 Å². The smallest absolute Gasteiger partial charge is 0.346 e. The van der Waals surface area contributed by atoms with Crippen LogP contribution in [0.4, 0.5) is 8.78 Å². The first kappa shape index (κ1) is 21.1. The van der Waals surface area contributed by atoms with E-state index in [1.165, 1.54) is 36.4 Å². The van der Waals surface area contributed by atoms with Gasteiger partial charge < -0.3 is 14.6 Å². The van der Waals surface area contributed by atoms with Gasteiger partial charge in [-0.3, -0.25) is 0 Å².